The van der Waals surface area contributed by atoms with Gasteiger partial charge in [0.25, 0.3) is 0 Å². The number of hydrogen-bond acceptors (Lipinski definition) is 5. The maximum atomic E-state index is 5.53. The monoisotopic (exact) mass is 219 g/mol. The minimum Gasteiger partial charge on any atom is -0.487 e. The highest BCUT2D eigenvalue weighted by Gasteiger charge is 2.05. The van der Waals surface area contributed by atoms with Crippen molar-refractivity contribution in [2.45, 2.75) is 20.1 Å². The first-order valence-corrected chi connectivity index (χ1v) is 4.99. The Morgan fingerprint density at radius 2 is 2.00 bits per heavy atom. The summed E-state index contributed by atoms with van der Waals surface area (Å²) in [6, 6.07) is 7.63. The number of nitrogens with zero attached hydrogens (tertiary/aromatic N) is 2. The Kier molecular flexibility index (Phi) is 3.16. The largest absolute Gasteiger partial charge is 0.487 e. The van der Waals surface area contributed by atoms with E-state index >= 15 is 0 Å². The molecule has 0 amide bonds. The third kappa shape index (κ3) is 2.38. The lowest BCUT2D eigenvalue weighted by Crippen LogP contribution is -1.99. The molecule has 0 saturated carbocycles. The van der Waals surface area contributed by atoms with Crippen molar-refractivity contribution >= 4 is 0 Å². The first-order chi connectivity index (χ1) is 7.79. The van der Waals surface area contributed by atoms with Crippen LogP contribution in [0.5, 0.6) is 5.75 Å². The van der Waals surface area contributed by atoms with Crippen LogP contribution in [-0.2, 0) is 13.2 Å². The number of hydrogen-bond donors (Lipinski definition) is 1. The highest BCUT2D eigenvalue weighted by Crippen LogP contribution is 2.14. The van der Waals surface area contributed by atoms with E-state index in [9.17, 15) is 0 Å². The predicted molar refractivity (Wildman–Crippen MR) is 57.7 cm³/mol. The van der Waals surface area contributed by atoms with Crippen molar-refractivity contribution in [3.63, 3.8) is 0 Å². The molecule has 2 rings (SSSR count). The number of rotatable bonds is 4. The molecular formula is C11H13N3O2. The second kappa shape index (κ2) is 4.76. The molecule has 0 radical (unpaired) electrons. The van der Waals surface area contributed by atoms with Gasteiger partial charge in [-0.15, -0.1) is 0 Å². The fraction of sp³-hybridized carbons (Fsp3) is 0.273. The van der Waals surface area contributed by atoms with Crippen LogP contribution >= 0.6 is 0 Å². The van der Waals surface area contributed by atoms with Crippen molar-refractivity contribution in [2.24, 2.45) is 5.73 Å². The zero-order valence-electron chi connectivity index (χ0n) is 9.01. The highest BCUT2D eigenvalue weighted by molar-refractivity contribution is 5.27. The van der Waals surface area contributed by atoms with Crippen molar-refractivity contribution < 1.29 is 9.37 Å². The molecule has 0 spiro atoms. The van der Waals surface area contributed by atoms with Gasteiger partial charge in [0.15, 0.2) is 0 Å². The van der Waals surface area contributed by atoms with Crippen molar-refractivity contribution in [1.82, 2.24) is 10.3 Å². The molecule has 0 saturated heterocycles. The van der Waals surface area contributed by atoms with Gasteiger partial charge in [-0.3, -0.25) is 0 Å². The Bertz CT molecular complexity index is 451. The molecule has 5 heteroatoms. The van der Waals surface area contributed by atoms with E-state index in [0.717, 1.165) is 17.0 Å². The van der Waals surface area contributed by atoms with E-state index in [1.54, 1.807) is 0 Å². The van der Waals surface area contributed by atoms with E-state index in [1.165, 1.54) is 0 Å². The average molecular weight is 219 g/mol. The minimum absolute atomic E-state index is 0.358. The van der Waals surface area contributed by atoms with Crippen LogP contribution in [0.2, 0.25) is 0 Å². The number of ether oxygens (including phenoxy) is 1. The minimum atomic E-state index is 0.358. The lowest BCUT2D eigenvalue weighted by atomic mass is 10.2. The van der Waals surface area contributed by atoms with Gasteiger partial charge in [-0.05, 0) is 24.6 Å². The second-order valence-corrected chi connectivity index (χ2v) is 3.43. The predicted octanol–water partition coefficient (Wildman–Crippen LogP) is 1.42. The maximum Gasteiger partial charge on any atom is 0.145 e. The summed E-state index contributed by atoms with van der Waals surface area (Å²) < 4.78 is 10.1. The van der Waals surface area contributed by atoms with Crippen molar-refractivity contribution in [1.29, 1.82) is 0 Å². The van der Waals surface area contributed by atoms with Crippen LogP contribution in [0.3, 0.4) is 0 Å². The standard InChI is InChI=1S/C11H13N3O2/c1-8-11(14-16-13-8)7-15-10-4-2-9(6-12)3-5-10/h2-5H,6-7,12H2,1H3. The summed E-state index contributed by atoms with van der Waals surface area (Å²) in [5.41, 5.74) is 8.03. The van der Waals surface area contributed by atoms with Gasteiger partial charge in [-0.1, -0.05) is 22.4 Å². The van der Waals surface area contributed by atoms with E-state index in [-0.39, 0.29) is 0 Å². The Morgan fingerprint density at radius 3 is 2.56 bits per heavy atom. The van der Waals surface area contributed by atoms with Crippen LogP contribution in [0.1, 0.15) is 17.0 Å². The normalized spacial score (nSPS) is 10.4. The molecule has 0 fully saturated rings. The Balaban J connectivity index is 1.97. The molecule has 1 aromatic heterocycles. The fourth-order valence-corrected chi connectivity index (χ4v) is 1.25. The van der Waals surface area contributed by atoms with E-state index in [0.29, 0.717) is 18.8 Å². The molecule has 16 heavy (non-hydrogen) atoms. The summed E-state index contributed by atoms with van der Waals surface area (Å²) in [7, 11) is 0. The van der Waals surface area contributed by atoms with Gasteiger partial charge >= 0.3 is 0 Å². The van der Waals surface area contributed by atoms with Gasteiger partial charge in [0.05, 0.1) is 0 Å². The lowest BCUT2D eigenvalue weighted by molar-refractivity contribution is 0.270. The summed E-state index contributed by atoms with van der Waals surface area (Å²) >= 11 is 0. The third-order valence-electron chi connectivity index (χ3n) is 2.28. The van der Waals surface area contributed by atoms with Crippen molar-refractivity contribution in [3.05, 3.63) is 41.2 Å². The molecule has 0 unspecified atom stereocenters. The molecule has 1 aromatic carbocycles. The van der Waals surface area contributed by atoms with E-state index in [4.69, 9.17) is 10.5 Å². The van der Waals surface area contributed by atoms with Crippen LogP contribution in [0.25, 0.3) is 0 Å². The van der Waals surface area contributed by atoms with Crippen LogP contribution in [-0.4, -0.2) is 10.3 Å². The van der Waals surface area contributed by atoms with Crippen molar-refractivity contribution in [3.8, 4) is 5.75 Å². The molecule has 0 atom stereocenters. The molecule has 0 aliphatic carbocycles. The quantitative estimate of drug-likeness (QED) is 0.841. The summed E-state index contributed by atoms with van der Waals surface area (Å²) in [4.78, 5) is 0. The molecule has 0 aliphatic rings. The number of aryl methyl sites for hydroxylation is 1. The molecule has 1 heterocycles. The molecular weight excluding hydrogens is 206 g/mol. The SMILES string of the molecule is Cc1nonc1COc1ccc(CN)cc1. The van der Waals surface area contributed by atoms with Gasteiger partial charge in [-0.25, -0.2) is 4.63 Å². The lowest BCUT2D eigenvalue weighted by Gasteiger charge is -2.04. The van der Waals surface area contributed by atoms with Crippen molar-refractivity contribution in [2.75, 3.05) is 0 Å². The molecule has 2 aromatic rings. The van der Waals surface area contributed by atoms with Gasteiger partial charge in [0.2, 0.25) is 0 Å². The van der Waals surface area contributed by atoms with Gasteiger partial charge in [0, 0.05) is 6.54 Å². The zero-order chi connectivity index (χ0) is 11.4. The van der Waals surface area contributed by atoms with Gasteiger partial charge in [-0.2, -0.15) is 0 Å². The number of aromatic nitrogens is 2. The Morgan fingerprint density at radius 1 is 1.25 bits per heavy atom. The van der Waals surface area contributed by atoms with E-state index in [2.05, 4.69) is 14.9 Å². The Hall–Kier alpha value is -1.88. The van der Waals surface area contributed by atoms with Crippen LogP contribution in [0.4, 0.5) is 0 Å². The number of nitrogens with two attached hydrogens (primary N) is 1. The molecule has 84 valence electrons. The zero-order valence-corrected chi connectivity index (χ0v) is 9.01. The van der Waals surface area contributed by atoms with Crippen LogP contribution in [0, 0.1) is 6.92 Å². The highest BCUT2D eigenvalue weighted by atomic mass is 16.6. The van der Waals surface area contributed by atoms with Gasteiger partial charge < -0.3 is 10.5 Å². The summed E-state index contributed by atoms with van der Waals surface area (Å²) in [6.45, 7) is 2.72. The molecule has 2 N–H and O–H groups in total. The average Bonchev–Trinajstić information content (AvgIpc) is 2.73. The van der Waals surface area contributed by atoms with Crippen LogP contribution < -0.4 is 10.5 Å². The molecule has 0 bridgehead atoms. The first kappa shape index (κ1) is 10.6. The smallest absolute Gasteiger partial charge is 0.145 e. The Labute approximate surface area is 93.2 Å². The van der Waals surface area contributed by atoms with E-state index in [1.807, 2.05) is 31.2 Å². The number of benzene rings is 1. The first-order valence-electron chi connectivity index (χ1n) is 4.99. The molecule has 0 aliphatic heterocycles. The maximum absolute atomic E-state index is 5.53. The summed E-state index contributed by atoms with van der Waals surface area (Å²) in [6.07, 6.45) is 0. The summed E-state index contributed by atoms with van der Waals surface area (Å²) in [5.74, 6) is 0.777. The van der Waals surface area contributed by atoms with Gasteiger partial charge in [0.1, 0.15) is 23.7 Å². The fourth-order valence-electron chi connectivity index (χ4n) is 1.25. The summed E-state index contributed by atoms with van der Waals surface area (Å²) in [5, 5.41) is 7.41. The second-order valence-electron chi connectivity index (χ2n) is 3.43. The van der Waals surface area contributed by atoms with E-state index < -0.39 is 0 Å². The van der Waals surface area contributed by atoms with Crippen LogP contribution in [0.15, 0.2) is 28.9 Å². The third-order valence-corrected chi connectivity index (χ3v) is 2.28. The topological polar surface area (TPSA) is 74.2 Å². The molecule has 5 nitrogen and oxygen atoms in total.